The van der Waals surface area contributed by atoms with Gasteiger partial charge < -0.3 is 14.2 Å². The zero-order chi connectivity index (χ0) is 20.0. The number of hydrogen-bond acceptors (Lipinski definition) is 3. The third kappa shape index (κ3) is 3.54. The second-order valence-electron chi connectivity index (χ2n) is 9.06. The molecule has 1 N–H and O–H groups in total. The van der Waals surface area contributed by atoms with Crippen molar-refractivity contribution in [1.82, 2.24) is 9.22 Å². The lowest BCUT2D eigenvalue weighted by atomic mass is 10.0. The van der Waals surface area contributed by atoms with Gasteiger partial charge in [0.1, 0.15) is 11.8 Å². The van der Waals surface area contributed by atoms with Crippen molar-refractivity contribution < 1.29 is 5.11 Å². The normalized spacial score (nSPS) is 13.8. The molecular weight excluding hydrogens is 350 g/mol. The third-order valence-corrected chi connectivity index (χ3v) is 11.3. The number of rotatable bonds is 4. The van der Waals surface area contributed by atoms with Crippen molar-refractivity contribution in [2.75, 3.05) is 19.0 Å². The highest BCUT2D eigenvalue weighted by Crippen LogP contribution is 2.38. The Morgan fingerprint density at radius 2 is 1.67 bits per heavy atom. The summed E-state index contributed by atoms with van der Waals surface area (Å²) in [6.07, 6.45) is 3.31. The van der Waals surface area contributed by atoms with Crippen LogP contribution in [-0.4, -0.2) is 36.7 Å². The molecule has 144 valence electrons. The largest absolute Gasteiger partial charge is 0.384 e. The highest BCUT2D eigenvalue weighted by atomic mass is 28.3. The van der Waals surface area contributed by atoms with E-state index in [0.717, 1.165) is 27.8 Å². The Labute approximate surface area is 163 Å². The number of aliphatic hydroxyl groups is 1. The first kappa shape index (κ1) is 19.6. The maximum atomic E-state index is 10.8. The lowest BCUT2D eigenvalue weighted by Crippen LogP contribution is -2.45. The first-order chi connectivity index (χ1) is 12.5. The van der Waals surface area contributed by atoms with E-state index in [0.29, 0.717) is 0 Å². The summed E-state index contributed by atoms with van der Waals surface area (Å²) in [5.41, 5.74) is 3.84. The van der Waals surface area contributed by atoms with Crippen LogP contribution >= 0.6 is 0 Å². The molecule has 3 rings (SSSR count). The van der Waals surface area contributed by atoms with Gasteiger partial charge in [-0.2, -0.15) is 0 Å². The van der Waals surface area contributed by atoms with Crippen LogP contribution in [0.4, 0.5) is 5.69 Å². The molecule has 5 heteroatoms. The summed E-state index contributed by atoms with van der Waals surface area (Å²) in [5, 5.41) is 12.1. The molecule has 0 amide bonds. The number of nitrogens with zero attached hydrogens (tertiary/aromatic N) is 3. The Bertz CT molecular complexity index is 936. The van der Waals surface area contributed by atoms with Crippen molar-refractivity contribution >= 4 is 25.0 Å². The molecule has 0 spiro atoms. The third-order valence-electron chi connectivity index (χ3n) is 6.03. The molecule has 0 fully saturated rings. The van der Waals surface area contributed by atoms with Crippen molar-refractivity contribution in [2.24, 2.45) is 0 Å². The standard InChI is InChI=1S/C22H31N3OSi/c1-22(2,3)27(6,7)25-13-12-17-14-18(15-23-21(17)25)20(26)16-8-10-19(11-9-16)24(4)5/h8-15,20,26H,1-7H3. The van der Waals surface area contributed by atoms with E-state index in [1.165, 1.54) is 0 Å². The van der Waals surface area contributed by atoms with Gasteiger partial charge in [0.25, 0.3) is 0 Å². The number of anilines is 1. The number of aromatic nitrogens is 2. The number of benzene rings is 1. The van der Waals surface area contributed by atoms with E-state index in [2.05, 4.69) is 56.4 Å². The van der Waals surface area contributed by atoms with Crippen LogP contribution in [0.2, 0.25) is 18.1 Å². The van der Waals surface area contributed by atoms with E-state index in [4.69, 9.17) is 4.98 Å². The summed E-state index contributed by atoms with van der Waals surface area (Å²) < 4.78 is 2.38. The van der Waals surface area contributed by atoms with Gasteiger partial charge in [-0.15, -0.1) is 0 Å². The van der Waals surface area contributed by atoms with E-state index < -0.39 is 14.3 Å². The lowest BCUT2D eigenvalue weighted by molar-refractivity contribution is 0.220. The van der Waals surface area contributed by atoms with Gasteiger partial charge in [-0.25, -0.2) is 4.98 Å². The Kier molecular flexibility index (Phi) is 4.95. The molecule has 0 radical (unpaired) electrons. The maximum Gasteiger partial charge on any atom is 0.163 e. The van der Waals surface area contributed by atoms with Crippen molar-refractivity contribution in [3.63, 3.8) is 0 Å². The highest BCUT2D eigenvalue weighted by molar-refractivity contribution is 6.79. The molecule has 4 nitrogen and oxygen atoms in total. The quantitative estimate of drug-likeness (QED) is 0.644. The van der Waals surface area contributed by atoms with Gasteiger partial charge in [0.2, 0.25) is 0 Å². The first-order valence-corrected chi connectivity index (χ1v) is 12.4. The first-order valence-electron chi connectivity index (χ1n) is 9.45. The molecule has 1 unspecified atom stereocenters. The molecule has 0 saturated carbocycles. The van der Waals surface area contributed by atoms with Gasteiger partial charge in [0.05, 0.1) is 0 Å². The molecule has 27 heavy (non-hydrogen) atoms. The Balaban J connectivity index is 1.96. The van der Waals surface area contributed by atoms with E-state index in [1.807, 2.05) is 49.5 Å². The maximum absolute atomic E-state index is 10.8. The van der Waals surface area contributed by atoms with E-state index in [9.17, 15) is 5.11 Å². The van der Waals surface area contributed by atoms with E-state index in [1.54, 1.807) is 0 Å². The summed E-state index contributed by atoms with van der Waals surface area (Å²) in [7, 11) is 2.29. The predicted octanol–water partition coefficient (Wildman–Crippen LogP) is 5.04. The smallest absolute Gasteiger partial charge is 0.163 e. The Hall–Kier alpha value is -2.11. The molecule has 2 heterocycles. The van der Waals surface area contributed by atoms with Gasteiger partial charge in [-0.05, 0) is 41.1 Å². The van der Waals surface area contributed by atoms with Crippen molar-refractivity contribution in [3.8, 4) is 0 Å². The summed E-state index contributed by atoms with van der Waals surface area (Å²) >= 11 is 0. The molecule has 1 atom stereocenters. The zero-order valence-corrected chi connectivity index (χ0v) is 18.5. The molecule has 0 aliphatic heterocycles. The van der Waals surface area contributed by atoms with Crippen LogP contribution in [0.3, 0.4) is 0 Å². The van der Waals surface area contributed by atoms with Crippen LogP contribution in [0.5, 0.6) is 0 Å². The summed E-state index contributed by atoms with van der Waals surface area (Å²) in [6, 6.07) is 12.2. The van der Waals surface area contributed by atoms with Crippen LogP contribution in [0.15, 0.2) is 48.8 Å². The topological polar surface area (TPSA) is 41.3 Å². The average molecular weight is 382 g/mol. The van der Waals surface area contributed by atoms with Crippen LogP contribution in [0.25, 0.3) is 11.0 Å². The molecule has 0 saturated heterocycles. The SMILES string of the molecule is CN(C)c1ccc(C(O)c2cnc3c(ccn3[Si](C)(C)C(C)(C)C)c2)cc1. The Morgan fingerprint density at radius 1 is 1.04 bits per heavy atom. The zero-order valence-electron chi connectivity index (χ0n) is 17.5. The molecule has 0 bridgehead atoms. The van der Waals surface area contributed by atoms with Gasteiger partial charge >= 0.3 is 0 Å². The van der Waals surface area contributed by atoms with Crippen molar-refractivity contribution in [3.05, 3.63) is 59.9 Å². The van der Waals surface area contributed by atoms with Crippen LogP contribution in [0, 0.1) is 0 Å². The minimum atomic E-state index is -1.73. The minimum absolute atomic E-state index is 0.229. The summed E-state index contributed by atoms with van der Waals surface area (Å²) in [4.78, 5) is 6.79. The summed E-state index contributed by atoms with van der Waals surface area (Å²) in [6.45, 7) is 11.7. The number of aliphatic hydroxyl groups excluding tert-OH is 1. The predicted molar refractivity (Wildman–Crippen MR) is 117 cm³/mol. The second kappa shape index (κ2) is 6.80. The fraction of sp³-hybridized carbons (Fsp3) is 0.409. The fourth-order valence-corrected chi connectivity index (χ4v) is 5.04. The molecule has 0 aliphatic carbocycles. The minimum Gasteiger partial charge on any atom is -0.384 e. The highest BCUT2D eigenvalue weighted by Gasteiger charge is 2.38. The average Bonchev–Trinajstić information content (AvgIpc) is 3.04. The van der Waals surface area contributed by atoms with Crippen LogP contribution in [0.1, 0.15) is 38.0 Å². The van der Waals surface area contributed by atoms with Crippen LogP contribution in [-0.2, 0) is 0 Å². The van der Waals surface area contributed by atoms with Crippen molar-refractivity contribution in [2.45, 2.75) is 45.0 Å². The summed E-state index contributed by atoms with van der Waals surface area (Å²) in [5.74, 6) is 0. The number of hydrogen-bond donors (Lipinski definition) is 1. The lowest BCUT2D eigenvalue weighted by Gasteiger charge is -2.38. The van der Waals surface area contributed by atoms with Gasteiger partial charge in [-0.1, -0.05) is 46.0 Å². The van der Waals surface area contributed by atoms with Crippen LogP contribution < -0.4 is 4.90 Å². The molecule has 2 aromatic heterocycles. The number of pyridine rings is 1. The van der Waals surface area contributed by atoms with E-state index in [-0.39, 0.29) is 5.04 Å². The monoisotopic (exact) mass is 381 g/mol. The fourth-order valence-electron chi connectivity index (χ4n) is 3.15. The van der Waals surface area contributed by atoms with Gasteiger partial charge in [0, 0.05) is 36.9 Å². The van der Waals surface area contributed by atoms with Gasteiger partial charge in [-0.3, -0.25) is 0 Å². The Morgan fingerprint density at radius 3 is 2.22 bits per heavy atom. The molecule has 3 aromatic rings. The number of fused-ring (bicyclic) bond motifs is 1. The molecule has 0 aliphatic rings. The second-order valence-corrected chi connectivity index (χ2v) is 14.2. The molecule has 1 aromatic carbocycles. The van der Waals surface area contributed by atoms with E-state index >= 15 is 0 Å². The molecular formula is C22H31N3OSi. The van der Waals surface area contributed by atoms with Gasteiger partial charge in [0.15, 0.2) is 8.24 Å². The van der Waals surface area contributed by atoms with Crippen molar-refractivity contribution in [1.29, 1.82) is 0 Å².